The van der Waals surface area contributed by atoms with Crippen LogP contribution in [0.2, 0.25) is 0 Å². The normalized spacial score (nSPS) is 27.0. The van der Waals surface area contributed by atoms with Crippen LogP contribution >= 0.6 is 0 Å². The second kappa shape index (κ2) is 5.50. The van der Waals surface area contributed by atoms with Gasteiger partial charge in [0.05, 0.1) is 40.0 Å². The molecule has 0 radical (unpaired) electrons. The number of carbonyl (C=O) groups excluding carboxylic acids is 1. The molecule has 4 rings (SSSR count). The van der Waals surface area contributed by atoms with Crippen molar-refractivity contribution in [3.8, 4) is 12.1 Å². The van der Waals surface area contributed by atoms with Crippen LogP contribution in [0.25, 0.3) is 11.0 Å². The number of carbonyl (C=O) groups is 1. The van der Waals surface area contributed by atoms with E-state index in [4.69, 9.17) is 20.5 Å². The number of nitriles is 2. The highest BCUT2D eigenvalue weighted by molar-refractivity contribution is 5.93. The van der Waals surface area contributed by atoms with E-state index in [1.165, 1.54) is 4.90 Å². The number of amides is 1. The minimum atomic E-state index is -0.859. The lowest BCUT2D eigenvalue weighted by Crippen LogP contribution is -2.53. The molecule has 0 spiro atoms. The van der Waals surface area contributed by atoms with Crippen molar-refractivity contribution >= 4 is 16.9 Å². The Balaban J connectivity index is 1.99. The fourth-order valence-corrected chi connectivity index (χ4v) is 5.16. The Morgan fingerprint density at radius 3 is 2.15 bits per heavy atom. The summed E-state index contributed by atoms with van der Waals surface area (Å²) in [6.45, 7) is 6.16. The SMILES string of the molecule is CC12CCC(C(=O)N(CC#N)CC#N)(c3nc4ccccc4nc31)C2(C)C. The van der Waals surface area contributed by atoms with Crippen molar-refractivity contribution in [2.45, 2.75) is 44.4 Å². The Kier molecular flexibility index (Phi) is 3.55. The summed E-state index contributed by atoms with van der Waals surface area (Å²) in [6, 6.07) is 11.7. The van der Waals surface area contributed by atoms with E-state index in [1.54, 1.807) is 0 Å². The number of hydrogen-bond acceptors (Lipinski definition) is 5. The Hall–Kier alpha value is -2.99. The molecule has 136 valence electrons. The smallest absolute Gasteiger partial charge is 0.237 e. The highest BCUT2D eigenvalue weighted by Gasteiger charge is 2.73. The van der Waals surface area contributed by atoms with Crippen LogP contribution in [0, 0.1) is 28.1 Å². The predicted molar refractivity (Wildman–Crippen MR) is 99.4 cm³/mol. The number of para-hydroxylation sites is 2. The van der Waals surface area contributed by atoms with E-state index in [2.05, 4.69) is 20.8 Å². The molecule has 2 aliphatic rings. The molecule has 1 aromatic heterocycles. The van der Waals surface area contributed by atoms with E-state index in [-0.39, 0.29) is 24.4 Å². The average Bonchev–Trinajstić information content (AvgIpc) is 2.95. The lowest BCUT2D eigenvalue weighted by Gasteiger charge is -2.41. The molecule has 1 heterocycles. The largest absolute Gasteiger partial charge is 0.315 e. The third-order valence-corrected chi connectivity index (χ3v) is 7.12. The van der Waals surface area contributed by atoms with Gasteiger partial charge in [-0.1, -0.05) is 32.9 Å². The van der Waals surface area contributed by atoms with Crippen molar-refractivity contribution in [2.75, 3.05) is 13.1 Å². The molecule has 6 heteroatoms. The summed E-state index contributed by atoms with van der Waals surface area (Å²) >= 11 is 0. The lowest BCUT2D eigenvalue weighted by molar-refractivity contribution is -0.140. The molecule has 1 aromatic carbocycles. The zero-order chi connectivity index (χ0) is 19.4. The van der Waals surface area contributed by atoms with Gasteiger partial charge in [0.25, 0.3) is 0 Å². The van der Waals surface area contributed by atoms with Gasteiger partial charge in [0.1, 0.15) is 13.1 Å². The molecule has 27 heavy (non-hydrogen) atoms. The van der Waals surface area contributed by atoms with Crippen molar-refractivity contribution in [3.63, 3.8) is 0 Å². The van der Waals surface area contributed by atoms with Gasteiger partial charge in [0, 0.05) is 5.41 Å². The van der Waals surface area contributed by atoms with Crippen LogP contribution in [-0.2, 0) is 15.6 Å². The molecule has 6 nitrogen and oxygen atoms in total. The molecular weight excluding hydrogens is 338 g/mol. The van der Waals surface area contributed by atoms with Crippen molar-refractivity contribution < 1.29 is 4.79 Å². The highest BCUT2D eigenvalue weighted by Crippen LogP contribution is 2.70. The molecule has 2 bridgehead atoms. The average molecular weight is 359 g/mol. The quantitative estimate of drug-likeness (QED) is 0.786. The van der Waals surface area contributed by atoms with Gasteiger partial charge in [0.15, 0.2) is 0 Å². The van der Waals surface area contributed by atoms with Crippen molar-refractivity contribution in [1.82, 2.24) is 14.9 Å². The third-order valence-electron chi connectivity index (χ3n) is 7.12. The Labute approximate surface area is 158 Å². The zero-order valence-electron chi connectivity index (χ0n) is 15.8. The van der Waals surface area contributed by atoms with Crippen LogP contribution in [0.1, 0.15) is 45.0 Å². The molecule has 0 saturated heterocycles. The standard InChI is InChI=1S/C21H21N5O/c1-19(2)20(3)8-9-21(19,18(27)26(12-10-22)13-11-23)17-16(20)24-14-6-4-5-7-15(14)25-17/h4-7H,8-9,12-13H2,1-3H3. The molecule has 2 atom stereocenters. The maximum atomic E-state index is 13.7. The van der Waals surface area contributed by atoms with E-state index in [0.717, 1.165) is 28.8 Å². The van der Waals surface area contributed by atoms with Gasteiger partial charge in [-0.15, -0.1) is 0 Å². The summed E-state index contributed by atoms with van der Waals surface area (Å²) in [7, 11) is 0. The maximum Gasteiger partial charge on any atom is 0.237 e. The summed E-state index contributed by atoms with van der Waals surface area (Å²) in [6.07, 6.45) is 1.49. The lowest BCUT2D eigenvalue weighted by atomic mass is 9.63. The number of rotatable bonds is 3. The first-order chi connectivity index (χ1) is 12.8. The van der Waals surface area contributed by atoms with Crippen molar-refractivity contribution in [3.05, 3.63) is 35.7 Å². The van der Waals surface area contributed by atoms with Gasteiger partial charge in [-0.2, -0.15) is 10.5 Å². The Bertz CT molecular complexity index is 1030. The van der Waals surface area contributed by atoms with Gasteiger partial charge in [-0.25, -0.2) is 9.97 Å². The van der Waals surface area contributed by atoms with Crippen LogP contribution < -0.4 is 0 Å². The highest BCUT2D eigenvalue weighted by atomic mass is 16.2. The van der Waals surface area contributed by atoms with E-state index in [1.807, 2.05) is 36.4 Å². The van der Waals surface area contributed by atoms with Crippen LogP contribution in [0.15, 0.2) is 24.3 Å². The van der Waals surface area contributed by atoms with Crippen LogP contribution in [-0.4, -0.2) is 33.9 Å². The number of benzene rings is 1. The molecular formula is C21H21N5O. The van der Waals surface area contributed by atoms with Gasteiger partial charge in [-0.05, 0) is 30.4 Å². The van der Waals surface area contributed by atoms with Gasteiger partial charge >= 0.3 is 0 Å². The molecule has 1 fully saturated rings. The molecule has 2 aliphatic carbocycles. The predicted octanol–water partition coefficient (Wildman–Crippen LogP) is 2.83. The zero-order valence-corrected chi connectivity index (χ0v) is 15.8. The minimum absolute atomic E-state index is 0.0999. The topological polar surface area (TPSA) is 93.7 Å². The maximum absolute atomic E-state index is 13.7. The number of hydrogen-bond donors (Lipinski definition) is 0. The fourth-order valence-electron chi connectivity index (χ4n) is 5.16. The van der Waals surface area contributed by atoms with E-state index in [9.17, 15) is 4.79 Å². The van der Waals surface area contributed by atoms with E-state index in [0.29, 0.717) is 6.42 Å². The van der Waals surface area contributed by atoms with E-state index >= 15 is 0 Å². The monoisotopic (exact) mass is 359 g/mol. The van der Waals surface area contributed by atoms with E-state index < -0.39 is 10.8 Å². The van der Waals surface area contributed by atoms with Crippen LogP contribution in [0.3, 0.4) is 0 Å². The minimum Gasteiger partial charge on any atom is -0.315 e. The first-order valence-corrected chi connectivity index (χ1v) is 9.14. The van der Waals surface area contributed by atoms with Gasteiger partial charge in [-0.3, -0.25) is 4.79 Å². The summed E-state index contributed by atoms with van der Waals surface area (Å²) in [4.78, 5) is 24.9. The summed E-state index contributed by atoms with van der Waals surface area (Å²) in [5, 5.41) is 18.3. The van der Waals surface area contributed by atoms with Crippen LogP contribution in [0.4, 0.5) is 0 Å². The number of nitrogens with zero attached hydrogens (tertiary/aromatic N) is 5. The number of fused-ring (bicyclic) bond motifs is 6. The first kappa shape index (κ1) is 17.4. The second-order valence-corrected chi connectivity index (χ2v) is 8.25. The third kappa shape index (κ3) is 1.91. The Morgan fingerprint density at radius 2 is 1.59 bits per heavy atom. The van der Waals surface area contributed by atoms with Crippen molar-refractivity contribution in [2.24, 2.45) is 5.41 Å². The molecule has 1 amide bonds. The molecule has 1 saturated carbocycles. The Morgan fingerprint density at radius 1 is 1.04 bits per heavy atom. The van der Waals surface area contributed by atoms with Crippen LogP contribution in [0.5, 0.6) is 0 Å². The fraction of sp³-hybridized carbons (Fsp3) is 0.476. The summed E-state index contributed by atoms with van der Waals surface area (Å²) in [5.74, 6) is -0.178. The molecule has 2 aromatic rings. The van der Waals surface area contributed by atoms with Crippen molar-refractivity contribution in [1.29, 1.82) is 10.5 Å². The molecule has 2 unspecified atom stereocenters. The molecule has 0 aliphatic heterocycles. The summed E-state index contributed by atoms with van der Waals surface area (Å²) < 4.78 is 0. The first-order valence-electron chi connectivity index (χ1n) is 9.14. The molecule has 0 N–H and O–H groups in total. The second-order valence-electron chi connectivity index (χ2n) is 8.25. The van der Waals surface area contributed by atoms with Gasteiger partial charge < -0.3 is 4.90 Å². The van der Waals surface area contributed by atoms with Gasteiger partial charge in [0.2, 0.25) is 5.91 Å². The number of aromatic nitrogens is 2. The summed E-state index contributed by atoms with van der Waals surface area (Å²) in [5.41, 5.74) is 1.66.